The van der Waals surface area contributed by atoms with Gasteiger partial charge in [0.1, 0.15) is 5.82 Å². The third kappa shape index (κ3) is 5.03. The van der Waals surface area contributed by atoms with Crippen LogP contribution in [0, 0.1) is 12.7 Å². The predicted octanol–water partition coefficient (Wildman–Crippen LogP) is 3.67. The number of rotatable bonds is 6. The zero-order valence-electron chi connectivity index (χ0n) is 16.8. The van der Waals surface area contributed by atoms with Gasteiger partial charge in [0.05, 0.1) is 4.90 Å². The Morgan fingerprint density at radius 3 is 2.72 bits per heavy atom. The Labute approximate surface area is 172 Å². The van der Waals surface area contributed by atoms with E-state index < -0.39 is 10.0 Å². The first kappa shape index (κ1) is 21.5. The molecule has 156 valence electrons. The summed E-state index contributed by atoms with van der Waals surface area (Å²) < 4.78 is 40.9. The van der Waals surface area contributed by atoms with Gasteiger partial charge < -0.3 is 5.32 Å². The van der Waals surface area contributed by atoms with Crippen LogP contribution < -0.4 is 5.32 Å². The fraction of sp³-hybridized carbons (Fsp3) is 0.409. The molecule has 1 heterocycles. The molecule has 0 radical (unpaired) electrons. The Hall–Kier alpha value is -2.25. The van der Waals surface area contributed by atoms with Crippen molar-refractivity contribution >= 4 is 15.9 Å². The van der Waals surface area contributed by atoms with Crippen LogP contribution in [0.25, 0.3) is 0 Å². The lowest BCUT2D eigenvalue weighted by Crippen LogP contribution is -2.42. The largest absolute Gasteiger partial charge is 0.352 e. The minimum absolute atomic E-state index is 0.0430. The topological polar surface area (TPSA) is 66.5 Å². The first-order chi connectivity index (χ1) is 13.8. The zero-order chi connectivity index (χ0) is 21.0. The Morgan fingerprint density at radius 1 is 1.21 bits per heavy atom. The molecule has 0 bridgehead atoms. The maximum absolute atomic E-state index is 13.3. The number of piperidine rings is 1. The Morgan fingerprint density at radius 2 is 2.00 bits per heavy atom. The zero-order valence-corrected chi connectivity index (χ0v) is 17.6. The number of amides is 1. The monoisotopic (exact) mass is 418 g/mol. The molecule has 3 rings (SSSR count). The van der Waals surface area contributed by atoms with Gasteiger partial charge in [0, 0.05) is 24.7 Å². The van der Waals surface area contributed by atoms with Gasteiger partial charge in [-0.05, 0) is 68.5 Å². The maximum atomic E-state index is 13.3. The predicted molar refractivity (Wildman–Crippen MR) is 111 cm³/mol. The summed E-state index contributed by atoms with van der Waals surface area (Å²) in [4.78, 5) is 12.8. The van der Waals surface area contributed by atoms with Crippen molar-refractivity contribution in [3.05, 3.63) is 65.0 Å². The fourth-order valence-corrected chi connectivity index (χ4v) is 5.40. The number of nitrogens with zero attached hydrogens (tertiary/aromatic N) is 1. The average molecular weight is 419 g/mol. The molecule has 0 aliphatic carbocycles. The molecule has 1 unspecified atom stereocenters. The summed E-state index contributed by atoms with van der Waals surface area (Å²) in [6.45, 7) is 4.54. The smallest absolute Gasteiger partial charge is 0.251 e. The van der Waals surface area contributed by atoms with Crippen molar-refractivity contribution in [2.75, 3.05) is 13.1 Å². The Balaban J connectivity index is 1.73. The highest BCUT2D eigenvalue weighted by atomic mass is 32.2. The van der Waals surface area contributed by atoms with Crippen LogP contribution in [-0.2, 0) is 16.4 Å². The highest BCUT2D eigenvalue weighted by molar-refractivity contribution is 7.89. The SMILES string of the molecule is Cc1ccc(S(=O)(=O)N2CCCCC2C)cc1C(=O)NCCc1cccc(F)c1. The van der Waals surface area contributed by atoms with Gasteiger partial charge in [0.25, 0.3) is 5.91 Å². The molecule has 1 fully saturated rings. The van der Waals surface area contributed by atoms with Crippen LogP contribution in [-0.4, -0.2) is 37.8 Å². The molecular formula is C22H27FN2O3S. The van der Waals surface area contributed by atoms with Gasteiger partial charge in [-0.25, -0.2) is 12.8 Å². The molecule has 0 aromatic heterocycles. The number of hydrogen-bond donors (Lipinski definition) is 1. The standard InChI is InChI=1S/C22H27FN2O3S/c1-16-9-10-20(29(27,28)25-13-4-3-6-17(25)2)15-21(16)22(26)24-12-11-18-7-5-8-19(23)14-18/h5,7-10,14-15,17H,3-4,6,11-13H2,1-2H3,(H,24,26). The summed E-state index contributed by atoms with van der Waals surface area (Å²) in [5.74, 6) is -0.642. The van der Waals surface area contributed by atoms with E-state index >= 15 is 0 Å². The lowest BCUT2D eigenvalue weighted by molar-refractivity contribution is 0.0953. The van der Waals surface area contributed by atoms with Crippen LogP contribution in [0.15, 0.2) is 47.4 Å². The van der Waals surface area contributed by atoms with Crippen LogP contribution in [0.1, 0.15) is 47.7 Å². The highest BCUT2D eigenvalue weighted by Gasteiger charge is 2.31. The van der Waals surface area contributed by atoms with Crippen LogP contribution >= 0.6 is 0 Å². The molecule has 1 N–H and O–H groups in total. The summed E-state index contributed by atoms with van der Waals surface area (Å²) in [7, 11) is -3.64. The Bertz CT molecular complexity index is 991. The molecule has 7 heteroatoms. The quantitative estimate of drug-likeness (QED) is 0.778. The van der Waals surface area contributed by atoms with Crippen LogP contribution in [0.4, 0.5) is 4.39 Å². The number of carbonyl (C=O) groups excluding carboxylic acids is 1. The second-order valence-electron chi connectivity index (χ2n) is 7.57. The maximum Gasteiger partial charge on any atom is 0.251 e. The van der Waals surface area contributed by atoms with Gasteiger partial charge >= 0.3 is 0 Å². The number of carbonyl (C=O) groups is 1. The van der Waals surface area contributed by atoms with Gasteiger partial charge in [-0.15, -0.1) is 0 Å². The lowest BCUT2D eigenvalue weighted by atomic mass is 10.1. The third-order valence-electron chi connectivity index (χ3n) is 5.39. The molecule has 0 spiro atoms. The van der Waals surface area contributed by atoms with Crippen molar-refractivity contribution in [2.45, 2.75) is 50.5 Å². The third-order valence-corrected chi connectivity index (χ3v) is 7.40. The van der Waals surface area contributed by atoms with Crippen molar-refractivity contribution in [1.82, 2.24) is 9.62 Å². The van der Waals surface area contributed by atoms with Gasteiger partial charge in [0.15, 0.2) is 0 Å². The fourth-order valence-electron chi connectivity index (χ4n) is 3.68. The van der Waals surface area contributed by atoms with Crippen molar-refractivity contribution in [3.8, 4) is 0 Å². The number of benzene rings is 2. The molecule has 5 nitrogen and oxygen atoms in total. The van der Waals surface area contributed by atoms with E-state index in [0.29, 0.717) is 30.6 Å². The van der Waals surface area contributed by atoms with Gasteiger partial charge in [-0.2, -0.15) is 4.31 Å². The molecule has 1 atom stereocenters. The number of aryl methyl sites for hydroxylation is 1. The summed E-state index contributed by atoms with van der Waals surface area (Å²) in [6.07, 6.45) is 3.22. The molecule has 1 aliphatic heterocycles. The van der Waals surface area contributed by atoms with Crippen molar-refractivity contribution in [2.24, 2.45) is 0 Å². The first-order valence-corrected chi connectivity index (χ1v) is 11.4. The summed E-state index contributed by atoms with van der Waals surface area (Å²) in [6, 6.07) is 10.9. The molecule has 2 aromatic rings. The second-order valence-corrected chi connectivity index (χ2v) is 9.46. The second kappa shape index (κ2) is 9.05. The summed E-state index contributed by atoms with van der Waals surface area (Å²) >= 11 is 0. The minimum Gasteiger partial charge on any atom is -0.352 e. The molecule has 1 saturated heterocycles. The molecule has 0 saturated carbocycles. The van der Waals surface area contributed by atoms with Crippen LogP contribution in [0.3, 0.4) is 0 Å². The normalized spacial score (nSPS) is 17.8. The van der Waals surface area contributed by atoms with E-state index in [2.05, 4.69) is 5.32 Å². The number of sulfonamides is 1. The van der Waals surface area contributed by atoms with Crippen molar-refractivity contribution in [3.63, 3.8) is 0 Å². The van der Waals surface area contributed by atoms with Crippen LogP contribution in [0.2, 0.25) is 0 Å². The molecule has 1 aliphatic rings. The lowest BCUT2D eigenvalue weighted by Gasteiger charge is -2.32. The van der Waals surface area contributed by atoms with E-state index in [9.17, 15) is 17.6 Å². The number of hydrogen-bond acceptors (Lipinski definition) is 3. The minimum atomic E-state index is -3.64. The van der Waals surface area contributed by atoms with Gasteiger partial charge in [-0.3, -0.25) is 4.79 Å². The van der Waals surface area contributed by atoms with E-state index in [1.807, 2.05) is 6.92 Å². The van der Waals surface area contributed by atoms with E-state index in [1.165, 1.54) is 22.5 Å². The van der Waals surface area contributed by atoms with E-state index in [4.69, 9.17) is 0 Å². The van der Waals surface area contributed by atoms with Crippen molar-refractivity contribution in [1.29, 1.82) is 0 Å². The van der Waals surface area contributed by atoms with Crippen molar-refractivity contribution < 1.29 is 17.6 Å². The number of halogens is 1. The van der Waals surface area contributed by atoms with Crippen LogP contribution in [0.5, 0.6) is 0 Å². The summed E-state index contributed by atoms with van der Waals surface area (Å²) in [5.41, 5.74) is 1.84. The Kier molecular flexibility index (Phi) is 6.70. The molecule has 1 amide bonds. The highest BCUT2D eigenvalue weighted by Crippen LogP contribution is 2.26. The van der Waals surface area contributed by atoms with Gasteiger partial charge in [0.2, 0.25) is 10.0 Å². The van der Waals surface area contributed by atoms with Gasteiger partial charge in [-0.1, -0.05) is 24.6 Å². The van der Waals surface area contributed by atoms with E-state index in [-0.39, 0.29) is 22.7 Å². The first-order valence-electron chi connectivity index (χ1n) is 9.94. The average Bonchev–Trinajstić information content (AvgIpc) is 2.68. The molecule has 29 heavy (non-hydrogen) atoms. The van der Waals surface area contributed by atoms with E-state index in [1.54, 1.807) is 31.2 Å². The van der Waals surface area contributed by atoms with E-state index in [0.717, 1.165) is 24.8 Å². The number of nitrogens with one attached hydrogen (secondary N) is 1. The summed E-state index contributed by atoms with van der Waals surface area (Å²) in [5, 5.41) is 2.80. The molecule has 2 aromatic carbocycles. The molecular weight excluding hydrogens is 391 g/mol.